The molecule has 0 aliphatic heterocycles. The van der Waals surface area contributed by atoms with E-state index in [1.54, 1.807) is 6.07 Å². The third-order valence-corrected chi connectivity index (χ3v) is 2.23. The molecule has 1 aromatic rings. The van der Waals surface area contributed by atoms with Crippen molar-refractivity contribution in [2.24, 2.45) is 5.92 Å². The predicted octanol–water partition coefficient (Wildman–Crippen LogP) is 2.71. The van der Waals surface area contributed by atoms with Gasteiger partial charge in [0.2, 0.25) is 0 Å². The van der Waals surface area contributed by atoms with E-state index < -0.39 is 11.9 Å². The fraction of sp³-hybridized carbons (Fsp3) is 0.417. The average molecular weight is 226 g/mol. The lowest BCUT2D eigenvalue weighted by Crippen LogP contribution is -2.21. The van der Waals surface area contributed by atoms with Crippen molar-refractivity contribution in [3.8, 4) is 5.75 Å². The Hall–Kier alpha value is -1.58. The van der Waals surface area contributed by atoms with Gasteiger partial charge in [0.1, 0.15) is 18.2 Å². The summed E-state index contributed by atoms with van der Waals surface area (Å²) in [6, 6.07) is 5.69. The third kappa shape index (κ3) is 3.88. The van der Waals surface area contributed by atoms with Crippen molar-refractivity contribution < 1.29 is 19.0 Å². The molecule has 1 N–H and O–H groups in total. The van der Waals surface area contributed by atoms with Gasteiger partial charge in [-0.1, -0.05) is 19.4 Å². The van der Waals surface area contributed by atoms with Crippen LogP contribution in [-0.2, 0) is 4.79 Å². The van der Waals surface area contributed by atoms with E-state index in [1.165, 1.54) is 18.2 Å². The summed E-state index contributed by atoms with van der Waals surface area (Å²) in [7, 11) is 0. The summed E-state index contributed by atoms with van der Waals surface area (Å²) < 4.78 is 18.0. The summed E-state index contributed by atoms with van der Waals surface area (Å²) in [6.07, 6.45) is 1.34. The third-order valence-electron chi connectivity index (χ3n) is 2.23. The van der Waals surface area contributed by atoms with Crippen LogP contribution < -0.4 is 4.74 Å². The van der Waals surface area contributed by atoms with E-state index in [-0.39, 0.29) is 12.4 Å². The normalized spacial score (nSPS) is 12.1. The summed E-state index contributed by atoms with van der Waals surface area (Å²) in [4.78, 5) is 10.8. The van der Waals surface area contributed by atoms with Gasteiger partial charge in [0.05, 0.1) is 5.92 Å². The lowest BCUT2D eigenvalue weighted by Gasteiger charge is -2.12. The number of hydrogen-bond acceptors (Lipinski definition) is 2. The number of carboxylic acid groups (broad SMARTS) is 1. The highest BCUT2D eigenvalue weighted by atomic mass is 19.1. The van der Waals surface area contributed by atoms with E-state index in [0.717, 1.165) is 6.42 Å². The van der Waals surface area contributed by atoms with Crippen molar-refractivity contribution >= 4 is 5.97 Å². The number of benzene rings is 1. The molecule has 0 aliphatic carbocycles. The second kappa shape index (κ2) is 6.10. The van der Waals surface area contributed by atoms with Gasteiger partial charge in [-0.3, -0.25) is 4.79 Å². The van der Waals surface area contributed by atoms with Gasteiger partial charge in [0.15, 0.2) is 0 Å². The van der Waals surface area contributed by atoms with E-state index >= 15 is 0 Å². The largest absolute Gasteiger partial charge is 0.493 e. The lowest BCUT2D eigenvalue weighted by atomic mass is 10.1. The van der Waals surface area contributed by atoms with E-state index in [1.807, 2.05) is 6.92 Å². The topological polar surface area (TPSA) is 46.5 Å². The van der Waals surface area contributed by atoms with Crippen LogP contribution in [-0.4, -0.2) is 17.7 Å². The van der Waals surface area contributed by atoms with Crippen LogP contribution in [0.15, 0.2) is 24.3 Å². The smallest absolute Gasteiger partial charge is 0.309 e. The first-order valence-electron chi connectivity index (χ1n) is 5.24. The van der Waals surface area contributed by atoms with Crippen molar-refractivity contribution in [3.05, 3.63) is 30.1 Å². The molecule has 0 heterocycles. The molecule has 0 fully saturated rings. The Morgan fingerprint density at radius 3 is 2.88 bits per heavy atom. The van der Waals surface area contributed by atoms with Crippen LogP contribution in [0.5, 0.6) is 5.75 Å². The molecular formula is C12H15FO3. The molecule has 1 aromatic carbocycles. The maximum absolute atomic E-state index is 12.8. The Balaban J connectivity index is 2.51. The second-order valence-electron chi connectivity index (χ2n) is 3.59. The molecule has 0 amide bonds. The fourth-order valence-electron chi connectivity index (χ4n) is 1.38. The number of hydrogen-bond donors (Lipinski definition) is 1. The number of carbonyl (C=O) groups is 1. The standard InChI is InChI=1S/C12H15FO3/c1-2-4-9(12(14)15)8-16-11-6-3-5-10(13)7-11/h3,5-7,9H,2,4,8H2,1H3,(H,14,15). The number of rotatable bonds is 6. The summed E-state index contributed by atoms with van der Waals surface area (Å²) in [5.74, 6) is -1.44. The number of aliphatic carboxylic acids is 1. The number of ether oxygens (including phenoxy) is 1. The van der Waals surface area contributed by atoms with Gasteiger partial charge < -0.3 is 9.84 Å². The van der Waals surface area contributed by atoms with Gasteiger partial charge >= 0.3 is 5.97 Å². The molecule has 16 heavy (non-hydrogen) atoms. The zero-order valence-electron chi connectivity index (χ0n) is 9.15. The maximum atomic E-state index is 12.8. The highest BCUT2D eigenvalue weighted by Gasteiger charge is 2.17. The highest BCUT2D eigenvalue weighted by Crippen LogP contribution is 2.15. The minimum Gasteiger partial charge on any atom is -0.493 e. The van der Waals surface area contributed by atoms with Crippen LogP contribution in [0.1, 0.15) is 19.8 Å². The first kappa shape index (κ1) is 12.5. The van der Waals surface area contributed by atoms with Gasteiger partial charge in [0.25, 0.3) is 0 Å². The maximum Gasteiger partial charge on any atom is 0.309 e. The average Bonchev–Trinajstić information content (AvgIpc) is 2.24. The minimum atomic E-state index is -0.877. The van der Waals surface area contributed by atoms with E-state index in [0.29, 0.717) is 12.2 Å². The molecule has 0 aromatic heterocycles. The van der Waals surface area contributed by atoms with Crippen molar-refractivity contribution in [3.63, 3.8) is 0 Å². The number of carboxylic acids is 1. The Morgan fingerprint density at radius 1 is 1.56 bits per heavy atom. The first-order chi connectivity index (χ1) is 7.63. The zero-order valence-corrected chi connectivity index (χ0v) is 9.15. The molecular weight excluding hydrogens is 211 g/mol. The molecule has 1 rings (SSSR count). The summed E-state index contributed by atoms with van der Waals surface area (Å²) in [5, 5.41) is 8.88. The van der Waals surface area contributed by atoms with Crippen LogP contribution in [0.25, 0.3) is 0 Å². The van der Waals surface area contributed by atoms with Crippen molar-refractivity contribution in [1.82, 2.24) is 0 Å². The van der Waals surface area contributed by atoms with Crippen LogP contribution in [0.2, 0.25) is 0 Å². The SMILES string of the molecule is CCCC(COc1cccc(F)c1)C(=O)O. The van der Waals surface area contributed by atoms with Crippen LogP contribution in [0, 0.1) is 11.7 Å². The summed E-state index contributed by atoms with van der Waals surface area (Å²) >= 11 is 0. The van der Waals surface area contributed by atoms with Gasteiger partial charge in [0, 0.05) is 6.07 Å². The molecule has 0 saturated heterocycles. The Bertz CT molecular complexity index is 352. The molecule has 88 valence electrons. The summed E-state index contributed by atoms with van der Waals surface area (Å²) in [5.41, 5.74) is 0. The molecule has 1 atom stereocenters. The lowest BCUT2D eigenvalue weighted by molar-refractivity contribution is -0.143. The van der Waals surface area contributed by atoms with Crippen molar-refractivity contribution in [2.45, 2.75) is 19.8 Å². The van der Waals surface area contributed by atoms with E-state index in [4.69, 9.17) is 9.84 Å². The summed E-state index contributed by atoms with van der Waals surface area (Å²) in [6.45, 7) is 1.99. The first-order valence-corrected chi connectivity index (χ1v) is 5.24. The molecule has 0 bridgehead atoms. The van der Waals surface area contributed by atoms with Gasteiger partial charge in [-0.2, -0.15) is 0 Å². The van der Waals surface area contributed by atoms with Crippen LogP contribution >= 0.6 is 0 Å². The van der Waals surface area contributed by atoms with E-state index in [9.17, 15) is 9.18 Å². The predicted molar refractivity (Wildman–Crippen MR) is 57.9 cm³/mol. The van der Waals surface area contributed by atoms with Crippen LogP contribution in [0.4, 0.5) is 4.39 Å². The Kier molecular flexibility index (Phi) is 4.76. The molecule has 0 radical (unpaired) electrons. The van der Waals surface area contributed by atoms with Gasteiger partial charge in [-0.15, -0.1) is 0 Å². The minimum absolute atomic E-state index is 0.0760. The molecule has 1 unspecified atom stereocenters. The molecule has 0 spiro atoms. The van der Waals surface area contributed by atoms with Crippen LogP contribution in [0.3, 0.4) is 0 Å². The van der Waals surface area contributed by atoms with Gasteiger partial charge in [-0.25, -0.2) is 4.39 Å². The monoisotopic (exact) mass is 226 g/mol. The molecule has 4 heteroatoms. The molecule has 3 nitrogen and oxygen atoms in total. The fourth-order valence-corrected chi connectivity index (χ4v) is 1.38. The highest BCUT2D eigenvalue weighted by molar-refractivity contribution is 5.70. The number of halogens is 1. The molecule has 0 aliphatic rings. The van der Waals surface area contributed by atoms with Crippen molar-refractivity contribution in [2.75, 3.05) is 6.61 Å². The Labute approximate surface area is 93.9 Å². The van der Waals surface area contributed by atoms with Gasteiger partial charge in [-0.05, 0) is 18.6 Å². The van der Waals surface area contributed by atoms with E-state index in [2.05, 4.69) is 0 Å². The second-order valence-corrected chi connectivity index (χ2v) is 3.59. The molecule has 0 saturated carbocycles. The quantitative estimate of drug-likeness (QED) is 0.811. The van der Waals surface area contributed by atoms with Crippen molar-refractivity contribution in [1.29, 1.82) is 0 Å². The Morgan fingerprint density at radius 2 is 2.31 bits per heavy atom. The zero-order chi connectivity index (χ0) is 12.0.